The fraction of sp³-hybridized carbons (Fsp3) is 0.0690. The Labute approximate surface area is 242 Å². The molecule has 0 aliphatic rings. The largest absolute Gasteiger partial charge is 0.435 e. The van der Waals surface area contributed by atoms with E-state index in [1.54, 1.807) is 12.1 Å². The second-order valence-electron chi connectivity index (χ2n) is 9.15. The van der Waals surface area contributed by atoms with Gasteiger partial charge in [0, 0.05) is 11.3 Å². The summed E-state index contributed by atoms with van der Waals surface area (Å²) in [6, 6.07) is 19.3. The molecule has 0 aliphatic carbocycles. The molecule has 3 aromatic heterocycles. The Kier molecular flexibility index (Phi) is 6.92. The monoisotopic (exact) mass is 610 g/mol. The molecule has 6 aromatic rings. The van der Waals surface area contributed by atoms with Gasteiger partial charge in [-0.15, -0.1) is 16.4 Å². The topological polar surface area (TPSA) is 85.6 Å². The molecule has 43 heavy (non-hydrogen) atoms. The van der Waals surface area contributed by atoms with E-state index in [2.05, 4.69) is 25.6 Å². The van der Waals surface area contributed by atoms with Crippen molar-refractivity contribution in [1.82, 2.24) is 25.0 Å². The zero-order chi connectivity index (χ0) is 30.4. The molecule has 0 radical (unpaired) electrons. The van der Waals surface area contributed by atoms with Gasteiger partial charge in [0.15, 0.2) is 11.4 Å². The Balaban J connectivity index is 1.31. The average Bonchev–Trinajstić information content (AvgIpc) is 3.65. The summed E-state index contributed by atoms with van der Waals surface area (Å²) >= 11 is 1.50. The third-order valence-corrected chi connectivity index (χ3v) is 7.38. The predicted molar refractivity (Wildman–Crippen MR) is 148 cm³/mol. The molecule has 3 aromatic carbocycles. The standard InChI is InChI=1S/C29H16F6N6OS/c30-28(31,32)20-7-3-4-8-22(20)41-26(29(33,34)35)24(39-40-41)27(42)38-17-11-9-16(10-12-17)18-5-1-2-6-19(18)23-25-21(13-14-43-25)36-15-37-23/h1-15H,(H,38,42). The quantitative estimate of drug-likeness (QED) is 0.201. The number of amides is 1. The number of nitrogens with zero attached hydrogens (tertiary/aromatic N) is 5. The Morgan fingerprint density at radius 3 is 2.21 bits per heavy atom. The lowest BCUT2D eigenvalue weighted by Gasteiger charge is -2.15. The molecule has 216 valence electrons. The minimum Gasteiger partial charge on any atom is -0.321 e. The second-order valence-corrected chi connectivity index (χ2v) is 10.1. The SMILES string of the molecule is O=C(Nc1ccc(-c2ccccc2-c2ncnc3ccsc23)cc1)c1nnn(-c2ccccc2C(F)(F)F)c1C(F)(F)F. The summed E-state index contributed by atoms with van der Waals surface area (Å²) in [4.78, 5) is 21.7. The first-order valence-corrected chi connectivity index (χ1v) is 13.3. The Hall–Kier alpha value is -5.11. The molecule has 1 amide bonds. The van der Waals surface area contributed by atoms with Gasteiger partial charge in [0.25, 0.3) is 5.91 Å². The summed E-state index contributed by atoms with van der Waals surface area (Å²) in [6.45, 7) is 0. The van der Waals surface area contributed by atoms with Gasteiger partial charge in [0.1, 0.15) is 6.33 Å². The maximum absolute atomic E-state index is 14.1. The van der Waals surface area contributed by atoms with Gasteiger partial charge in [-0.1, -0.05) is 53.7 Å². The number of hydrogen-bond acceptors (Lipinski definition) is 6. The van der Waals surface area contributed by atoms with Gasteiger partial charge >= 0.3 is 12.4 Å². The summed E-state index contributed by atoms with van der Waals surface area (Å²) < 4.78 is 83.7. The van der Waals surface area contributed by atoms with Crippen LogP contribution in [0, 0.1) is 0 Å². The lowest BCUT2D eigenvalue weighted by Crippen LogP contribution is -2.22. The molecule has 0 atom stereocenters. The van der Waals surface area contributed by atoms with Crippen LogP contribution in [0.3, 0.4) is 0 Å². The zero-order valence-electron chi connectivity index (χ0n) is 21.5. The van der Waals surface area contributed by atoms with Crippen LogP contribution in [0.5, 0.6) is 0 Å². The molecule has 0 saturated heterocycles. The average molecular weight is 611 g/mol. The van der Waals surface area contributed by atoms with E-state index in [9.17, 15) is 31.1 Å². The number of carbonyl (C=O) groups excluding carboxylic acids is 1. The summed E-state index contributed by atoms with van der Waals surface area (Å²) in [6.07, 6.45) is -8.75. The van der Waals surface area contributed by atoms with E-state index in [4.69, 9.17) is 0 Å². The molecular formula is C29H16F6N6OS. The highest BCUT2D eigenvalue weighted by Crippen LogP contribution is 2.39. The number of fused-ring (bicyclic) bond motifs is 1. The van der Waals surface area contributed by atoms with E-state index in [0.29, 0.717) is 6.07 Å². The van der Waals surface area contributed by atoms with Crippen molar-refractivity contribution in [3.63, 3.8) is 0 Å². The van der Waals surface area contributed by atoms with Crippen molar-refractivity contribution >= 4 is 33.1 Å². The number of para-hydroxylation sites is 1. The number of nitrogens with one attached hydrogen (secondary N) is 1. The van der Waals surface area contributed by atoms with Crippen molar-refractivity contribution in [2.75, 3.05) is 5.32 Å². The molecule has 0 fully saturated rings. The maximum Gasteiger partial charge on any atom is 0.435 e. The number of thiophene rings is 1. The van der Waals surface area contributed by atoms with Gasteiger partial charge in [-0.2, -0.15) is 26.3 Å². The molecule has 14 heteroatoms. The third-order valence-electron chi connectivity index (χ3n) is 6.47. The maximum atomic E-state index is 14.1. The van der Waals surface area contributed by atoms with Crippen molar-refractivity contribution in [2.45, 2.75) is 12.4 Å². The van der Waals surface area contributed by atoms with Crippen molar-refractivity contribution in [3.8, 4) is 28.1 Å². The fourth-order valence-electron chi connectivity index (χ4n) is 4.60. The van der Waals surface area contributed by atoms with Crippen molar-refractivity contribution in [3.05, 3.63) is 108 Å². The van der Waals surface area contributed by atoms with Crippen molar-refractivity contribution < 1.29 is 31.1 Å². The predicted octanol–water partition coefficient (Wildman–Crippen LogP) is 7.90. The van der Waals surface area contributed by atoms with E-state index in [0.717, 1.165) is 50.8 Å². The van der Waals surface area contributed by atoms with Crippen molar-refractivity contribution in [1.29, 1.82) is 0 Å². The second kappa shape index (κ2) is 10.6. The number of benzene rings is 3. The van der Waals surface area contributed by atoms with Crippen LogP contribution in [0.4, 0.5) is 32.0 Å². The van der Waals surface area contributed by atoms with Crippen LogP contribution in [0.1, 0.15) is 21.7 Å². The Morgan fingerprint density at radius 2 is 1.49 bits per heavy atom. The summed E-state index contributed by atoms with van der Waals surface area (Å²) in [5.74, 6) is -1.29. The van der Waals surface area contributed by atoms with E-state index >= 15 is 0 Å². The number of aromatic nitrogens is 5. The van der Waals surface area contributed by atoms with Crippen LogP contribution in [0.25, 0.3) is 38.3 Å². The normalized spacial score (nSPS) is 12.0. The molecule has 0 unspecified atom stereocenters. The first-order valence-electron chi connectivity index (χ1n) is 12.4. The van der Waals surface area contributed by atoms with E-state index < -0.39 is 40.9 Å². The van der Waals surface area contributed by atoms with Crippen LogP contribution < -0.4 is 5.32 Å². The number of anilines is 1. The van der Waals surface area contributed by atoms with Crippen molar-refractivity contribution in [2.24, 2.45) is 0 Å². The number of alkyl halides is 6. The van der Waals surface area contributed by atoms with Gasteiger partial charge in [-0.25, -0.2) is 14.6 Å². The first kappa shape index (κ1) is 28.0. The zero-order valence-corrected chi connectivity index (χ0v) is 22.3. The molecule has 0 spiro atoms. The van der Waals surface area contributed by atoms with Gasteiger partial charge in [-0.3, -0.25) is 4.79 Å². The molecule has 1 N–H and O–H groups in total. The highest BCUT2D eigenvalue weighted by molar-refractivity contribution is 7.17. The minimum atomic E-state index is -5.25. The van der Waals surface area contributed by atoms with E-state index in [-0.39, 0.29) is 10.4 Å². The smallest absolute Gasteiger partial charge is 0.321 e. The molecule has 6 rings (SSSR count). The van der Waals surface area contributed by atoms with Crippen LogP contribution in [-0.2, 0) is 12.4 Å². The molecule has 0 saturated carbocycles. The van der Waals surface area contributed by atoms with Crippen LogP contribution >= 0.6 is 11.3 Å². The van der Waals surface area contributed by atoms with Gasteiger partial charge in [0.05, 0.1) is 27.2 Å². The lowest BCUT2D eigenvalue weighted by molar-refractivity contribution is -0.145. The number of rotatable bonds is 5. The number of hydrogen-bond donors (Lipinski definition) is 1. The van der Waals surface area contributed by atoms with Crippen LogP contribution in [0.2, 0.25) is 0 Å². The molecule has 0 bridgehead atoms. The lowest BCUT2D eigenvalue weighted by atomic mass is 9.97. The Bertz CT molecular complexity index is 1960. The number of carbonyl (C=O) groups is 1. The molecular weight excluding hydrogens is 594 g/mol. The highest BCUT2D eigenvalue weighted by atomic mass is 32.1. The molecule has 7 nitrogen and oxygen atoms in total. The summed E-state index contributed by atoms with van der Waals surface area (Å²) in [7, 11) is 0. The number of halogens is 6. The molecule has 0 aliphatic heterocycles. The first-order chi connectivity index (χ1) is 20.5. The van der Waals surface area contributed by atoms with Gasteiger partial charge < -0.3 is 5.32 Å². The highest BCUT2D eigenvalue weighted by Gasteiger charge is 2.44. The third kappa shape index (κ3) is 5.32. The minimum absolute atomic E-state index is 0.0184. The fourth-order valence-corrected chi connectivity index (χ4v) is 5.45. The summed E-state index contributed by atoms with van der Waals surface area (Å²) in [5.41, 5.74) is -1.13. The van der Waals surface area contributed by atoms with Gasteiger partial charge in [0.2, 0.25) is 0 Å². The molecule has 3 heterocycles. The summed E-state index contributed by atoms with van der Waals surface area (Å²) in [5, 5.41) is 10.8. The van der Waals surface area contributed by atoms with E-state index in [1.807, 2.05) is 35.7 Å². The van der Waals surface area contributed by atoms with Crippen LogP contribution in [-0.4, -0.2) is 30.9 Å². The Morgan fingerprint density at radius 1 is 0.791 bits per heavy atom. The van der Waals surface area contributed by atoms with Crippen LogP contribution in [0.15, 0.2) is 90.6 Å². The van der Waals surface area contributed by atoms with E-state index in [1.165, 1.54) is 29.8 Å². The van der Waals surface area contributed by atoms with Gasteiger partial charge in [-0.05, 0) is 46.8 Å².